The van der Waals surface area contributed by atoms with Crippen LogP contribution in [0.3, 0.4) is 0 Å². The first-order valence-corrected chi connectivity index (χ1v) is 9.02. The van der Waals surface area contributed by atoms with Crippen LogP contribution in [0, 0.1) is 18.7 Å². The number of anilines is 1. The molecule has 0 aliphatic heterocycles. The van der Waals surface area contributed by atoms with Gasteiger partial charge in [0.15, 0.2) is 0 Å². The Kier molecular flexibility index (Phi) is 3.99. The average molecular weight is 371 g/mol. The Hall–Kier alpha value is -2.40. The highest BCUT2D eigenvalue weighted by atomic mass is 35.5. The number of nitrogen functional groups attached to an aromatic ring is 1. The summed E-state index contributed by atoms with van der Waals surface area (Å²) in [4.78, 5) is 8.97. The van der Waals surface area contributed by atoms with Gasteiger partial charge in [-0.25, -0.2) is 14.4 Å². The maximum absolute atomic E-state index is 14.5. The summed E-state index contributed by atoms with van der Waals surface area (Å²) >= 11 is 6.19. The van der Waals surface area contributed by atoms with Crippen molar-refractivity contribution in [3.8, 4) is 0 Å². The maximum atomic E-state index is 14.5. The molecule has 3 aromatic rings. The predicted molar refractivity (Wildman–Crippen MR) is 103 cm³/mol. The Morgan fingerprint density at radius 1 is 1.46 bits per heavy atom. The molecule has 1 aliphatic rings. The lowest BCUT2D eigenvalue weighted by atomic mass is 9.75. The highest BCUT2D eigenvalue weighted by molar-refractivity contribution is 6.31. The first-order valence-electron chi connectivity index (χ1n) is 8.64. The zero-order chi connectivity index (χ0) is 18.6. The monoisotopic (exact) mass is 370 g/mol. The SMILES string of the molecule is C=Cc1c(F)c(Cl)cc2c1CC(C)C[C@@H]2c1nc(C)c2c(N)nccn12. The number of rotatable bonds is 2. The predicted octanol–water partition coefficient (Wildman–Crippen LogP) is 4.77. The van der Waals surface area contributed by atoms with Gasteiger partial charge in [0.1, 0.15) is 23.0 Å². The third kappa shape index (κ3) is 2.42. The third-order valence-corrected chi connectivity index (χ3v) is 5.54. The van der Waals surface area contributed by atoms with Gasteiger partial charge < -0.3 is 5.73 Å². The van der Waals surface area contributed by atoms with Crippen LogP contribution in [-0.4, -0.2) is 14.4 Å². The smallest absolute Gasteiger partial charge is 0.149 e. The van der Waals surface area contributed by atoms with Gasteiger partial charge in [0.05, 0.1) is 10.7 Å². The number of hydrogen-bond acceptors (Lipinski definition) is 3. The summed E-state index contributed by atoms with van der Waals surface area (Å²) in [7, 11) is 0. The van der Waals surface area contributed by atoms with Crippen LogP contribution in [0.2, 0.25) is 5.02 Å². The zero-order valence-electron chi connectivity index (χ0n) is 14.8. The summed E-state index contributed by atoms with van der Waals surface area (Å²) in [6.45, 7) is 7.89. The standard InChI is InChI=1S/C20H20ClFN4/c1-4-12-13-7-10(2)8-15(14(13)9-16(21)17(12)22)20-25-11(3)18-19(23)24-5-6-26(18)20/h4-6,9-10,15H,1,7-8H2,2-3H3,(H2,23,24)/t10?,15-/m0/s1. The molecule has 0 radical (unpaired) electrons. The third-order valence-electron chi connectivity index (χ3n) is 5.27. The molecule has 2 atom stereocenters. The molecule has 2 aromatic heterocycles. The fraction of sp³-hybridized carbons (Fsp3) is 0.300. The molecule has 0 saturated heterocycles. The molecular formula is C20H20ClFN4. The molecule has 1 aromatic carbocycles. The molecule has 2 N–H and O–H groups in total. The van der Waals surface area contributed by atoms with Crippen LogP contribution in [0.15, 0.2) is 25.0 Å². The van der Waals surface area contributed by atoms with E-state index in [1.807, 2.05) is 17.5 Å². The number of hydrogen-bond donors (Lipinski definition) is 1. The summed E-state index contributed by atoms with van der Waals surface area (Å²) in [5.74, 6) is 1.34. The van der Waals surface area contributed by atoms with Crippen LogP contribution < -0.4 is 5.73 Å². The van der Waals surface area contributed by atoms with Crippen LogP contribution in [-0.2, 0) is 6.42 Å². The van der Waals surface area contributed by atoms with Gasteiger partial charge in [-0.15, -0.1) is 0 Å². The van der Waals surface area contributed by atoms with Crippen LogP contribution in [0.4, 0.5) is 10.2 Å². The Labute approximate surface area is 156 Å². The number of aromatic nitrogens is 3. The summed E-state index contributed by atoms with van der Waals surface area (Å²) in [6, 6.07) is 1.75. The van der Waals surface area contributed by atoms with Crippen LogP contribution >= 0.6 is 11.6 Å². The van der Waals surface area contributed by atoms with Gasteiger partial charge in [-0.05, 0) is 42.9 Å². The van der Waals surface area contributed by atoms with Gasteiger partial charge in [0, 0.05) is 23.9 Å². The lowest BCUT2D eigenvalue weighted by molar-refractivity contribution is 0.449. The minimum atomic E-state index is -0.397. The van der Waals surface area contributed by atoms with Gasteiger partial charge in [0.2, 0.25) is 0 Å². The molecule has 0 amide bonds. The first kappa shape index (κ1) is 17.0. The highest BCUT2D eigenvalue weighted by Crippen LogP contribution is 2.43. The molecule has 2 heterocycles. The Morgan fingerprint density at radius 2 is 2.23 bits per heavy atom. The molecule has 26 heavy (non-hydrogen) atoms. The van der Waals surface area contributed by atoms with Gasteiger partial charge in [-0.2, -0.15) is 0 Å². The van der Waals surface area contributed by atoms with E-state index in [4.69, 9.17) is 22.3 Å². The van der Waals surface area contributed by atoms with Crippen molar-refractivity contribution >= 4 is 29.0 Å². The molecule has 4 nitrogen and oxygen atoms in total. The van der Waals surface area contributed by atoms with E-state index in [1.165, 1.54) is 0 Å². The van der Waals surface area contributed by atoms with Crippen molar-refractivity contribution < 1.29 is 4.39 Å². The van der Waals surface area contributed by atoms with E-state index < -0.39 is 5.82 Å². The lowest BCUT2D eigenvalue weighted by Gasteiger charge is -2.31. The van der Waals surface area contributed by atoms with Crippen LogP contribution in [0.1, 0.15) is 47.5 Å². The molecule has 0 bridgehead atoms. The number of aryl methyl sites for hydroxylation is 1. The normalized spacial score (nSPS) is 19.5. The molecule has 1 unspecified atom stereocenters. The molecular weight excluding hydrogens is 351 g/mol. The number of imidazole rings is 1. The van der Waals surface area contributed by atoms with Crippen molar-refractivity contribution in [1.82, 2.24) is 14.4 Å². The summed E-state index contributed by atoms with van der Waals surface area (Å²) < 4.78 is 16.5. The number of benzene rings is 1. The van der Waals surface area contributed by atoms with E-state index in [0.717, 1.165) is 41.0 Å². The number of fused-ring (bicyclic) bond motifs is 2. The molecule has 134 valence electrons. The van der Waals surface area contributed by atoms with Crippen molar-refractivity contribution in [3.05, 3.63) is 64.1 Å². The average Bonchev–Trinajstić information content (AvgIpc) is 2.94. The Bertz CT molecular complexity index is 1040. The van der Waals surface area contributed by atoms with Gasteiger partial charge in [-0.3, -0.25) is 4.40 Å². The Balaban J connectivity index is 2.00. The second kappa shape index (κ2) is 6.09. The fourth-order valence-corrected chi connectivity index (χ4v) is 4.39. The highest BCUT2D eigenvalue weighted by Gasteiger charge is 2.32. The van der Waals surface area contributed by atoms with E-state index in [1.54, 1.807) is 18.3 Å². The molecule has 1 aliphatic carbocycles. The van der Waals surface area contributed by atoms with Gasteiger partial charge in [0.25, 0.3) is 0 Å². The van der Waals surface area contributed by atoms with E-state index >= 15 is 0 Å². The van der Waals surface area contributed by atoms with Crippen molar-refractivity contribution in [2.75, 3.05) is 5.73 Å². The molecule has 0 spiro atoms. The fourth-order valence-electron chi connectivity index (χ4n) is 4.18. The minimum Gasteiger partial charge on any atom is -0.382 e. The van der Waals surface area contributed by atoms with Crippen molar-refractivity contribution in [1.29, 1.82) is 0 Å². The van der Waals surface area contributed by atoms with E-state index in [2.05, 4.69) is 18.5 Å². The van der Waals surface area contributed by atoms with Gasteiger partial charge >= 0.3 is 0 Å². The molecule has 0 saturated carbocycles. The lowest BCUT2D eigenvalue weighted by Crippen LogP contribution is -2.21. The number of halogens is 2. The summed E-state index contributed by atoms with van der Waals surface area (Å²) in [5, 5.41) is 0.122. The first-order chi connectivity index (χ1) is 12.4. The quantitative estimate of drug-likeness (QED) is 0.706. The van der Waals surface area contributed by atoms with E-state index in [0.29, 0.717) is 17.3 Å². The molecule has 4 rings (SSSR count). The second-order valence-corrected chi connectivity index (χ2v) is 7.45. The summed E-state index contributed by atoms with van der Waals surface area (Å²) in [6.07, 6.45) is 6.82. The zero-order valence-corrected chi connectivity index (χ0v) is 15.5. The molecule has 0 fully saturated rings. The van der Waals surface area contributed by atoms with E-state index in [-0.39, 0.29) is 10.9 Å². The molecule has 6 heteroatoms. The second-order valence-electron chi connectivity index (χ2n) is 7.04. The van der Waals surface area contributed by atoms with Crippen LogP contribution in [0.5, 0.6) is 0 Å². The largest absolute Gasteiger partial charge is 0.382 e. The van der Waals surface area contributed by atoms with Crippen molar-refractivity contribution in [3.63, 3.8) is 0 Å². The van der Waals surface area contributed by atoms with E-state index in [9.17, 15) is 4.39 Å². The van der Waals surface area contributed by atoms with Gasteiger partial charge in [-0.1, -0.05) is 31.2 Å². The maximum Gasteiger partial charge on any atom is 0.149 e. The summed E-state index contributed by atoms with van der Waals surface area (Å²) in [5.41, 5.74) is 10.2. The van der Waals surface area contributed by atoms with Crippen molar-refractivity contribution in [2.24, 2.45) is 5.92 Å². The number of nitrogens with two attached hydrogens (primary N) is 1. The van der Waals surface area contributed by atoms with Crippen molar-refractivity contribution in [2.45, 2.75) is 32.6 Å². The minimum absolute atomic E-state index is 0.00792. The van der Waals surface area contributed by atoms with Crippen LogP contribution in [0.25, 0.3) is 11.6 Å². The number of nitrogens with zero attached hydrogens (tertiary/aromatic N) is 3. The topological polar surface area (TPSA) is 56.2 Å². The Morgan fingerprint density at radius 3 is 2.96 bits per heavy atom.